The normalized spacial score (nSPS) is 20.2. The zero-order chi connectivity index (χ0) is 19.3. The third-order valence-electron chi connectivity index (χ3n) is 4.41. The molecule has 5 heteroatoms. The van der Waals surface area contributed by atoms with Crippen molar-refractivity contribution >= 4 is 18.1 Å². The van der Waals surface area contributed by atoms with Crippen LogP contribution in [0.5, 0.6) is 0 Å². The highest BCUT2D eigenvalue weighted by atomic mass is 16.6. The Morgan fingerprint density at radius 2 is 1.96 bits per heavy atom. The van der Waals surface area contributed by atoms with E-state index in [0.717, 1.165) is 30.4 Å². The number of alkyl carbamates (subject to hydrolysis) is 1. The second kappa shape index (κ2) is 8.39. The number of ether oxygens (including phenoxy) is 2. The Balaban J connectivity index is 2.11. The molecule has 0 heterocycles. The van der Waals surface area contributed by atoms with Crippen molar-refractivity contribution in [2.45, 2.75) is 58.6 Å². The van der Waals surface area contributed by atoms with Crippen molar-refractivity contribution < 1.29 is 19.1 Å². The van der Waals surface area contributed by atoms with E-state index >= 15 is 0 Å². The van der Waals surface area contributed by atoms with Gasteiger partial charge in [0.2, 0.25) is 0 Å². The lowest BCUT2D eigenvalue weighted by Gasteiger charge is -2.23. The van der Waals surface area contributed by atoms with Gasteiger partial charge in [-0.1, -0.05) is 36.3 Å². The van der Waals surface area contributed by atoms with E-state index in [4.69, 9.17) is 9.47 Å². The summed E-state index contributed by atoms with van der Waals surface area (Å²) in [6, 6.07) is 5.69. The zero-order valence-corrected chi connectivity index (χ0v) is 16.3. The van der Waals surface area contributed by atoms with Gasteiger partial charge in [0.05, 0.1) is 12.7 Å². The van der Waals surface area contributed by atoms with Crippen LogP contribution in [0.4, 0.5) is 4.79 Å². The number of aryl methyl sites for hydroxylation is 1. The summed E-state index contributed by atoms with van der Waals surface area (Å²) in [6.07, 6.45) is 6.62. The molecule has 0 saturated heterocycles. The van der Waals surface area contributed by atoms with Crippen molar-refractivity contribution in [1.82, 2.24) is 5.32 Å². The van der Waals surface area contributed by atoms with E-state index in [1.165, 1.54) is 7.11 Å². The molecule has 0 radical (unpaired) electrons. The minimum atomic E-state index is -0.509. The molecule has 1 saturated carbocycles. The van der Waals surface area contributed by atoms with Gasteiger partial charge in [-0.25, -0.2) is 9.59 Å². The molecule has 0 aliphatic heterocycles. The second-order valence-corrected chi connectivity index (χ2v) is 7.79. The van der Waals surface area contributed by atoms with Crippen molar-refractivity contribution in [3.05, 3.63) is 41.0 Å². The summed E-state index contributed by atoms with van der Waals surface area (Å²) < 4.78 is 10.2. The van der Waals surface area contributed by atoms with Gasteiger partial charge in [0, 0.05) is 6.04 Å². The number of methoxy groups -OCH3 is 1. The topological polar surface area (TPSA) is 64.6 Å². The molecule has 1 amide bonds. The summed E-state index contributed by atoms with van der Waals surface area (Å²) in [6.45, 7) is 7.54. The van der Waals surface area contributed by atoms with E-state index < -0.39 is 5.60 Å². The molecule has 0 aromatic heterocycles. The molecular formula is C21H29NO4. The lowest BCUT2D eigenvalue weighted by atomic mass is 9.99. The lowest BCUT2D eigenvalue weighted by molar-refractivity contribution is 0.0497. The van der Waals surface area contributed by atoms with Gasteiger partial charge < -0.3 is 14.8 Å². The van der Waals surface area contributed by atoms with Crippen LogP contribution in [0.25, 0.3) is 6.08 Å². The Morgan fingerprint density at radius 3 is 2.62 bits per heavy atom. The number of carbonyl (C=O) groups is 2. The van der Waals surface area contributed by atoms with Crippen LogP contribution in [0, 0.1) is 12.8 Å². The molecule has 1 aromatic carbocycles. The monoisotopic (exact) mass is 359 g/mol. The summed E-state index contributed by atoms with van der Waals surface area (Å²) in [5, 5.41) is 2.98. The molecular weight excluding hydrogens is 330 g/mol. The van der Waals surface area contributed by atoms with Crippen LogP contribution in [0.3, 0.4) is 0 Å². The van der Waals surface area contributed by atoms with Crippen molar-refractivity contribution in [3.8, 4) is 0 Å². The van der Waals surface area contributed by atoms with Gasteiger partial charge in [-0.05, 0) is 58.1 Å². The molecule has 1 aliphatic carbocycles. The van der Waals surface area contributed by atoms with Crippen LogP contribution in [0.1, 0.15) is 61.5 Å². The predicted octanol–water partition coefficient (Wildman–Crippen LogP) is 4.49. The Labute approximate surface area is 155 Å². The molecule has 1 aromatic rings. The van der Waals surface area contributed by atoms with E-state index in [1.54, 1.807) is 6.07 Å². The van der Waals surface area contributed by atoms with Crippen molar-refractivity contribution in [1.29, 1.82) is 0 Å². The highest BCUT2D eigenvalue weighted by Crippen LogP contribution is 2.28. The molecule has 1 fully saturated rings. The second-order valence-electron chi connectivity index (χ2n) is 7.79. The molecule has 0 unspecified atom stereocenters. The van der Waals surface area contributed by atoms with Gasteiger partial charge in [0.25, 0.3) is 0 Å². The van der Waals surface area contributed by atoms with Gasteiger partial charge in [-0.3, -0.25) is 0 Å². The van der Waals surface area contributed by atoms with E-state index in [0.29, 0.717) is 5.56 Å². The summed E-state index contributed by atoms with van der Waals surface area (Å²) in [5.41, 5.74) is 1.95. The number of esters is 1. The minimum absolute atomic E-state index is 0.0486. The molecule has 142 valence electrons. The van der Waals surface area contributed by atoms with E-state index in [9.17, 15) is 9.59 Å². The third kappa shape index (κ3) is 5.61. The maximum atomic E-state index is 12.0. The third-order valence-corrected chi connectivity index (χ3v) is 4.41. The summed E-state index contributed by atoms with van der Waals surface area (Å²) >= 11 is 0. The Hall–Kier alpha value is -2.30. The first-order valence-electron chi connectivity index (χ1n) is 9.06. The molecule has 0 bridgehead atoms. The number of rotatable bonds is 4. The predicted molar refractivity (Wildman–Crippen MR) is 102 cm³/mol. The molecule has 26 heavy (non-hydrogen) atoms. The van der Waals surface area contributed by atoms with Gasteiger partial charge in [-0.2, -0.15) is 0 Å². The van der Waals surface area contributed by atoms with E-state index in [-0.39, 0.29) is 24.0 Å². The van der Waals surface area contributed by atoms with Crippen molar-refractivity contribution in [2.24, 2.45) is 5.92 Å². The Kier molecular flexibility index (Phi) is 6.46. The van der Waals surface area contributed by atoms with Crippen LogP contribution in [0.2, 0.25) is 0 Å². The molecule has 0 spiro atoms. The van der Waals surface area contributed by atoms with Crippen LogP contribution >= 0.6 is 0 Å². The summed E-state index contributed by atoms with van der Waals surface area (Å²) in [7, 11) is 1.38. The zero-order valence-electron chi connectivity index (χ0n) is 16.3. The van der Waals surface area contributed by atoms with Crippen LogP contribution in [-0.4, -0.2) is 30.8 Å². The van der Waals surface area contributed by atoms with Crippen molar-refractivity contribution in [2.75, 3.05) is 7.11 Å². The maximum Gasteiger partial charge on any atom is 0.407 e. The van der Waals surface area contributed by atoms with E-state index in [1.807, 2.05) is 45.9 Å². The summed E-state index contributed by atoms with van der Waals surface area (Å²) in [4.78, 5) is 24.0. The number of amides is 1. The Morgan fingerprint density at radius 1 is 1.23 bits per heavy atom. The molecule has 2 rings (SSSR count). The number of benzene rings is 1. The van der Waals surface area contributed by atoms with E-state index in [2.05, 4.69) is 11.4 Å². The van der Waals surface area contributed by atoms with Gasteiger partial charge in [-0.15, -0.1) is 0 Å². The fourth-order valence-corrected chi connectivity index (χ4v) is 3.20. The molecule has 2 atom stereocenters. The number of carbonyl (C=O) groups excluding carboxylic acids is 2. The number of nitrogens with one attached hydrogen (secondary N) is 1. The Bertz CT molecular complexity index is 688. The fourth-order valence-electron chi connectivity index (χ4n) is 3.20. The van der Waals surface area contributed by atoms with Crippen LogP contribution < -0.4 is 5.32 Å². The highest BCUT2D eigenvalue weighted by molar-refractivity contribution is 5.93. The maximum absolute atomic E-state index is 12.0. The fraction of sp³-hybridized carbons (Fsp3) is 0.524. The molecule has 1 N–H and O–H groups in total. The average Bonchev–Trinajstić information content (AvgIpc) is 2.97. The number of hydrogen-bond donors (Lipinski definition) is 1. The largest absolute Gasteiger partial charge is 0.465 e. The molecule has 1 aliphatic rings. The first-order chi connectivity index (χ1) is 12.2. The smallest absolute Gasteiger partial charge is 0.407 e. The SMILES string of the molecule is COC(=O)c1ccc(C)cc1/C=C/[C@@H]1CCC[C@@H]1NC(=O)OC(C)(C)C. The standard InChI is InChI=1S/C21H29NO4/c1-14-9-12-17(19(23)25-5)16(13-14)11-10-15-7-6-8-18(15)22-20(24)26-21(2,3)4/h9-13,15,18H,6-8H2,1-5H3,(H,22,24)/b11-10+/t15-,18-/m0/s1. The number of hydrogen-bond acceptors (Lipinski definition) is 4. The highest BCUT2D eigenvalue weighted by Gasteiger charge is 2.28. The van der Waals surface area contributed by atoms with Crippen LogP contribution in [0.15, 0.2) is 24.3 Å². The van der Waals surface area contributed by atoms with Gasteiger partial charge >= 0.3 is 12.1 Å². The minimum Gasteiger partial charge on any atom is -0.465 e. The lowest BCUT2D eigenvalue weighted by Crippen LogP contribution is -2.40. The van der Waals surface area contributed by atoms with Gasteiger partial charge in [0.15, 0.2) is 0 Å². The molecule has 5 nitrogen and oxygen atoms in total. The summed E-state index contributed by atoms with van der Waals surface area (Å²) in [5.74, 6) is -0.131. The van der Waals surface area contributed by atoms with Crippen molar-refractivity contribution in [3.63, 3.8) is 0 Å². The van der Waals surface area contributed by atoms with Crippen LogP contribution in [-0.2, 0) is 9.47 Å². The quantitative estimate of drug-likeness (QED) is 0.805. The average molecular weight is 359 g/mol. The first-order valence-corrected chi connectivity index (χ1v) is 9.06. The first kappa shape index (κ1) is 20.0. The van der Waals surface area contributed by atoms with Gasteiger partial charge in [0.1, 0.15) is 5.60 Å².